The molecule has 4 heteroatoms. The smallest absolute Gasteiger partial charge is 0.141 e. The van der Waals surface area contributed by atoms with Gasteiger partial charge in [0.25, 0.3) is 0 Å². The number of rotatable bonds is 2. The van der Waals surface area contributed by atoms with E-state index < -0.39 is 0 Å². The average Bonchev–Trinajstić information content (AvgIpc) is 2.55. The van der Waals surface area contributed by atoms with Gasteiger partial charge in [-0.25, -0.2) is 4.98 Å². The van der Waals surface area contributed by atoms with Gasteiger partial charge in [0.05, 0.1) is 12.3 Å². The van der Waals surface area contributed by atoms with Crippen LogP contribution in [0, 0.1) is 6.92 Å². The van der Waals surface area contributed by atoms with Gasteiger partial charge in [-0.05, 0) is 22.9 Å². The van der Waals surface area contributed by atoms with Gasteiger partial charge in [-0.3, -0.25) is 0 Å². The topological polar surface area (TPSA) is 38.1 Å². The Morgan fingerprint density at radius 3 is 2.44 bits per heavy atom. The van der Waals surface area contributed by atoms with Gasteiger partial charge in [-0.2, -0.15) is 0 Å². The third-order valence-corrected chi connectivity index (χ3v) is 3.26. The maximum atomic E-state index is 9.21. The molecule has 0 bridgehead atoms. The molecule has 16 heavy (non-hydrogen) atoms. The lowest BCUT2D eigenvalue weighted by molar-refractivity contribution is 0.272. The number of halogens is 1. The molecular formula is C12H13BrN2O. The quantitative estimate of drug-likeness (QED) is 0.919. The van der Waals surface area contributed by atoms with Crippen LogP contribution < -0.4 is 0 Å². The molecule has 1 aromatic carbocycles. The lowest BCUT2D eigenvalue weighted by Gasteiger charge is -2.04. The first kappa shape index (κ1) is 11.4. The van der Waals surface area contributed by atoms with Crippen molar-refractivity contribution in [3.63, 3.8) is 0 Å². The van der Waals surface area contributed by atoms with Crippen molar-refractivity contribution in [1.29, 1.82) is 0 Å². The van der Waals surface area contributed by atoms with E-state index in [4.69, 9.17) is 0 Å². The second-order valence-electron chi connectivity index (χ2n) is 3.76. The number of aryl methyl sites for hydroxylation is 1. The molecule has 1 N–H and O–H groups in total. The van der Waals surface area contributed by atoms with Gasteiger partial charge >= 0.3 is 0 Å². The van der Waals surface area contributed by atoms with Gasteiger partial charge in [-0.1, -0.05) is 29.8 Å². The van der Waals surface area contributed by atoms with Gasteiger partial charge in [0, 0.05) is 12.6 Å². The first-order chi connectivity index (χ1) is 7.63. The Kier molecular flexibility index (Phi) is 3.12. The van der Waals surface area contributed by atoms with Crippen LogP contribution in [0.15, 0.2) is 28.9 Å². The summed E-state index contributed by atoms with van der Waals surface area (Å²) in [6.07, 6.45) is 0. The van der Waals surface area contributed by atoms with Crippen LogP contribution in [-0.2, 0) is 13.7 Å². The lowest BCUT2D eigenvalue weighted by Crippen LogP contribution is -1.98. The Bertz CT molecular complexity index is 502. The van der Waals surface area contributed by atoms with Crippen LogP contribution in [0.4, 0.5) is 0 Å². The molecule has 1 heterocycles. The van der Waals surface area contributed by atoms with E-state index in [1.54, 1.807) is 0 Å². The van der Waals surface area contributed by atoms with Crippen LogP contribution in [0.2, 0.25) is 0 Å². The van der Waals surface area contributed by atoms with Crippen molar-refractivity contribution in [2.75, 3.05) is 0 Å². The Labute approximate surface area is 103 Å². The maximum absolute atomic E-state index is 9.21. The summed E-state index contributed by atoms with van der Waals surface area (Å²) in [4.78, 5) is 4.40. The molecule has 0 atom stereocenters. The molecule has 0 spiro atoms. The minimum atomic E-state index is -0.0179. The molecule has 84 valence electrons. The second-order valence-corrected chi connectivity index (χ2v) is 4.51. The molecule has 0 aliphatic heterocycles. The lowest BCUT2D eigenvalue weighted by atomic mass is 10.1. The standard InChI is InChI=1S/C12H13BrN2O/c1-8-3-5-9(6-4-8)12-14-11(13)10(7-16)15(12)2/h3-6,16H,7H2,1-2H3. The second kappa shape index (κ2) is 4.39. The molecule has 0 aliphatic rings. The van der Waals surface area contributed by atoms with Crippen LogP contribution in [0.25, 0.3) is 11.4 Å². The van der Waals surface area contributed by atoms with E-state index >= 15 is 0 Å². The molecule has 0 radical (unpaired) electrons. The Morgan fingerprint density at radius 2 is 1.94 bits per heavy atom. The fraction of sp³-hybridized carbons (Fsp3) is 0.250. The van der Waals surface area contributed by atoms with Crippen molar-refractivity contribution in [2.45, 2.75) is 13.5 Å². The van der Waals surface area contributed by atoms with Crippen molar-refractivity contribution >= 4 is 15.9 Å². The fourth-order valence-corrected chi connectivity index (χ4v) is 2.19. The number of hydrogen-bond acceptors (Lipinski definition) is 2. The van der Waals surface area contributed by atoms with Crippen LogP contribution in [0.3, 0.4) is 0 Å². The molecule has 2 aromatic rings. The van der Waals surface area contributed by atoms with Crippen LogP contribution in [-0.4, -0.2) is 14.7 Å². The summed E-state index contributed by atoms with van der Waals surface area (Å²) in [5.41, 5.74) is 3.06. The van der Waals surface area contributed by atoms with Crippen molar-refractivity contribution < 1.29 is 5.11 Å². The summed E-state index contributed by atoms with van der Waals surface area (Å²) in [5, 5.41) is 9.21. The van der Waals surface area contributed by atoms with Gasteiger partial charge < -0.3 is 9.67 Å². The Hall–Kier alpha value is -1.13. The van der Waals surface area contributed by atoms with E-state index in [1.807, 2.05) is 23.7 Å². The highest BCUT2D eigenvalue weighted by atomic mass is 79.9. The highest BCUT2D eigenvalue weighted by molar-refractivity contribution is 9.10. The highest BCUT2D eigenvalue weighted by Gasteiger charge is 2.12. The van der Waals surface area contributed by atoms with Crippen molar-refractivity contribution in [3.8, 4) is 11.4 Å². The number of hydrogen-bond donors (Lipinski definition) is 1. The van der Waals surface area contributed by atoms with E-state index in [1.165, 1.54) is 5.56 Å². The number of imidazole rings is 1. The summed E-state index contributed by atoms with van der Waals surface area (Å²) in [5.74, 6) is 0.857. The van der Waals surface area contributed by atoms with E-state index in [0.29, 0.717) is 4.60 Å². The molecule has 0 saturated carbocycles. The van der Waals surface area contributed by atoms with Crippen molar-refractivity contribution in [3.05, 3.63) is 40.1 Å². The monoisotopic (exact) mass is 280 g/mol. The van der Waals surface area contributed by atoms with Crippen LogP contribution in [0.5, 0.6) is 0 Å². The minimum Gasteiger partial charge on any atom is -0.390 e. The third kappa shape index (κ3) is 1.90. The summed E-state index contributed by atoms with van der Waals surface area (Å²) >= 11 is 3.35. The zero-order chi connectivity index (χ0) is 11.7. The zero-order valence-corrected chi connectivity index (χ0v) is 10.8. The Morgan fingerprint density at radius 1 is 1.31 bits per heavy atom. The van der Waals surface area contributed by atoms with Crippen molar-refractivity contribution in [1.82, 2.24) is 9.55 Å². The summed E-state index contributed by atoms with van der Waals surface area (Å²) in [7, 11) is 1.90. The number of aliphatic hydroxyl groups is 1. The van der Waals surface area contributed by atoms with E-state index in [-0.39, 0.29) is 6.61 Å². The molecule has 0 fully saturated rings. The molecule has 1 aromatic heterocycles. The average molecular weight is 281 g/mol. The number of aliphatic hydroxyl groups excluding tert-OH is 1. The van der Waals surface area contributed by atoms with E-state index in [0.717, 1.165) is 17.1 Å². The molecule has 2 rings (SSSR count). The van der Waals surface area contributed by atoms with Gasteiger partial charge in [0.2, 0.25) is 0 Å². The van der Waals surface area contributed by atoms with Gasteiger partial charge in [0.15, 0.2) is 0 Å². The first-order valence-electron chi connectivity index (χ1n) is 5.02. The SMILES string of the molecule is Cc1ccc(-c2nc(Br)c(CO)n2C)cc1. The predicted octanol–water partition coefficient (Wildman–Crippen LogP) is 2.65. The number of benzene rings is 1. The summed E-state index contributed by atoms with van der Waals surface area (Å²) in [6, 6.07) is 8.17. The predicted molar refractivity (Wildman–Crippen MR) is 67.0 cm³/mol. The van der Waals surface area contributed by atoms with Crippen LogP contribution in [0.1, 0.15) is 11.3 Å². The highest BCUT2D eigenvalue weighted by Crippen LogP contribution is 2.24. The van der Waals surface area contributed by atoms with Crippen LogP contribution >= 0.6 is 15.9 Å². The number of aromatic nitrogens is 2. The van der Waals surface area contributed by atoms with Gasteiger partial charge in [-0.15, -0.1) is 0 Å². The number of nitrogens with zero attached hydrogens (tertiary/aromatic N) is 2. The molecule has 0 amide bonds. The molecule has 0 saturated heterocycles. The normalized spacial score (nSPS) is 10.8. The largest absolute Gasteiger partial charge is 0.390 e. The molecular weight excluding hydrogens is 268 g/mol. The summed E-state index contributed by atoms with van der Waals surface area (Å²) in [6.45, 7) is 2.03. The molecule has 0 unspecified atom stereocenters. The van der Waals surface area contributed by atoms with E-state index in [9.17, 15) is 5.11 Å². The van der Waals surface area contributed by atoms with Gasteiger partial charge in [0.1, 0.15) is 10.4 Å². The van der Waals surface area contributed by atoms with E-state index in [2.05, 4.69) is 40.0 Å². The minimum absolute atomic E-state index is 0.0179. The zero-order valence-electron chi connectivity index (χ0n) is 9.24. The summed E-state index contributed by atoms with van der Waals surface area (Å²) < 4.78 is 2.60. The van der Waals surface area contributed by atoms with Crippen molar-refractivity contribution in [2.24, 2.45) is 7.05 Å². The first-order valence-corrected chi connectivity index (χ1v) is 5.81. The molecule has 3 nitrogen and oxygen atoms in total. The fourth-order valence-electron chi connectivity index (χ4n) is 1.63. The molecule has 0 aliphatic carbocycles. The maximum Gasteiger partial charge on any atom is 0.141 e. The Balaban J connectivity index is 2.52. The third-order valence-electron chi connectivity index (χ3n) is 2.62.